The third kappa shape index (κ3) is 18.6. The number of nitrogens with one attached hydrogen (secondary N) is 4. The van der Waals surface area contributed by atoms with Gasteiger partial charge in [-0.2, -0.15) is 13.0 Å². The van der Waals surface area contributed by atoms with Crippen molar-refractivity contribution in [2.75, 3.05) is 63.3 Å². The number of unbranched alkanes of at least 4 members (excludes halogenated alkanes) is 4. The predicted molar refractivity (Wildman–Crippen MR) is 324 cm³/mol. The van der Waals surface area contributed by atoms with Crippen molar-refractivity contribution in [3.05, 3.63) is 132 Å². The molecule has 4 aromatic carbocycles. The number of amides is 4. The largest absolute Gasteiger partial charge is 0.481 e. The molecule has 0 saturated carbocycles. The first kappa shape index (κ1) is 65.4. The molecule has 452 valence electrons. The lowest BCUT2D eigenvalue weighted by molar-refractivity contribution is -0.438. The van der Waals surface area contributed by atoms with Gasteiger partial charge in [-0.05, 0) is 111 Å². The summed E-state index contributed by atoms with van der Waals surface area (Å²) >= 11 is 0. The summed E-state index contributed by atoms with van der Waals surface area (Å²) in [6, 6.07) is 21.7. The molecular weight excluding hydrogens is 1100 g/mol. The number of carboxylic acid groups (broad SMARTS) is 3. The summed E-state index contributed by atoms with van der Waals surface area (Å²) in [6.07, 6.45) is 18.2. The summed E-state index contributed by atoms with van der Waals surface area (Å²) in [5, 5.41) is 42.1. The second kappa shape index (κ2) is 31.3. The first-order chi connectivity index (χ1) is 40.1. The molecule has 21 heteroatoms. The Morgan fingerprint density at radius 1 is 0.631 bits per heavy atom. The van der Waals surface area contributed by atoms with Gasteiger partial charge in [-0.1, -0.05) is 98.8 Å². The minimum absolute atomic E-state index is 0.00189. The highest BCUT2D eigenvalue weighted by molar-refractivity contribution is 7.85. The Kier molecular flexibility index (Phi) is 24.3. The van der Waals surface area contributed by atoms with Crippen LogP contribution in [0.5, 0.6) is 0 Å². The molecule has 4 amide bonds. The van der Waals surface area contributed by atoms with E-state index in [4.69, 9.17) is 14.6 Å². The van der Waals surface area contributed by atoms with Gasteiger partial charge in [-0.3, -0.25) is 18.9 Å². The Hall–Kier alpha value is -7.72. The van der Waals surface area contributed by atoms with E-state index >= 15 is 0 Å². The number of allylic oxidation sites excluding steroid dienone is 8. The van der Waals surface area contributed by atoms with Gasteiger partial charge in [0.15, 0.2) is 5.71 Å². The number of urea groups is 1. The van der Waals surface area contributed by atoms with E-state index in [9.17, 15) is 52.0 Å². The molecule has 6 rings (SSSR count). The number of aliphatic carboxylic acids is 3. The Morgan fingerprint density at radius 3 is 1.95 bits per heavy atom. The van der Waals surface area contributed by atoms with Crippen LogP contribution < -0.4 is 26.2 Å². The van der Waals surface area contributed by atoms with E-state index in [1.165, 1.54) is 38.7 Å². The minimum atomic E-state index is -4.04. The molecule has 0 unspecified atom stereocenters. The quantitative estimate of drug-likeness (QED) is 0.00928. The zero-order chi connectivity index (χ0) is 60.9. The van der Waals surface area contributed by atoms with Crippen molar-refractivity contribution < 1.29 is 71.1 Å². The van der Waals surface area contributed by atoms with E-state index in [-0.39, 0.29) is 74.2 Å². The summed E-state index contributed by atoms with van der Waals surface area (Å²) in [4.78, 5) is 73.1. The van der Waals surface area contributed by atoms with Crippen LogP contribution in [-0.4, -0.2) is 145 Å². The van der Waals surface area contributed by atoms with Crippen molar-refractivity contribution in [2.24, 2.45) is 0 Å². The number of carbonyl (C=O) groups excluding carboxylic acids is 3. The van der Waals surface area contributed by atoms with Crippen LogP contribution in [0.2, 0.25) is 0 Å². The van der Waals surface area contributed by atoms with Gasteiger partial charge >= 0.3 is 23.9 Å². The summed E-state index contributed by atoms with van der Waals surface area (Å²) in [5.74, 6) is -4.75. The van der Waals surface area contributed by atoms with Crippen LogP contribution in [-0.2, 0) is 54.4 Å². The van der Waals surface area contributed by atoms with Crippen molar-refractivity contribution >= 4 is 84.5 Å². The highest BCUT2D eigenvalue weighted by Crippen LogP contribution is 2.51. The molecule has 0 saturated heterocycles. The van der Waals surface area contributed by atoms with Crippen LogP contribution in [0.25, 0.3) is 21.5 Å². The minimum Gasteiger partial charge on any atom is -0.481 e. The summed E-state index contributed by atoms with van der Waals surface area (Å²) in [7, 11) is -4.04. The lowest BCUT2D eigenvalue weighted by Crippen LogP contribution is -2.51. The number of nitrogens with zero attached hydrogens (tertiary/aromatic N) is 2. The van der Waals surface area contributed by atoms with Gasteiger partial charge in [0.2, 0.25) is 17.5 Å². The van der Waals surface area contributed by atoms with E-state index in [1.807, 2.05) is 24.3 Å². The molecule has 0 bridgehead atoms. The zero-order valence-electron chi connectivity index (χ0n) is 48.4. The number of fused-ring (bicyclic) bond motifs is 6. The van der Waals surface area contributed by atoms with Crippen LogP contribution in [0, 0.1) is 0 Å². The summed E-state index contributed by atoms with van der Waals surface area (Å²) in [5.41, 5.74) is 6.50. The lowest BCUT2D eigenvalue weighted by Gasteiger charge is -2.27. The number of carboxylic acids is 3. The third-order valence-electron chi connectivity index (χ3n) is 15.0. The molecule has 20 nitrogen and oxygen atoms in total. The zero-order valence-corrected chi connectivity index (χ0v) is 49.3. The standard InChI is InChI=1S/C63H80N6O14S/c1-62(2)52(26-9-6-5-7-10-27-53-63(3,4)58-47-24-15-13-22-45(47)30-33-51(58)69(53)38-19-20-42-84(79,80)81)68(50-32-29-44-21-12-14-23-46(44)57(50)62)37-18-8-11-28-54(70)65-36-39-82-40-41-83-43-55(71)64-35-17-16-25-48(59(74)75)66-61(78)67-49(60(76)77)31-34-56(72)73/h5-7,9-10,12-15,21-24,26-27,29-30,32-33,48-49H,8,11,16-20,25,28,31,34-43H2,1-4H3,(H7-,64,65,66,67,70,71,72,73,74,75,76,77,78,79,80,81)/p+1/t48-,49-/m0/s1. The topological polar surface area (TPSA) is 290 Å². The van der Waals surface area contributed by atoms with Crippen LogP contribution >= 0.6 is 0 Å². The van der Waals surface area contributed by atoms with E-state index in [0.29, 0.717) is 45.2 Å². The van der Waals surface area contributed by atoms with Gasteiger partial charge in [0.1, 0.15) is 25.2 Å². The van der Waals surface area contributed by atoms with Gasteiger partial charge in [0.25, 0.3) is 10.1 Å². The Balaban J connectivity index is 0.914. The van der Waals surface area contributed by atoms with Gasteiger partial charge in [-0.15, -0.1) is 0 Å². The normalized spacial score (nSPS) is 15.7. The lowest BCUT2D eigenvalue weighted by atomic mass is 9.79. The SMILES string of the molecule is CC1(C)C(/C=C/C=C/C=C/C=C2/N(CCCCS(=O)(=O)O)c3ccc4ccccc4c3C2(C)C)=[N+](CCCCCC(=O)NCCOCCOCC(=O)NCCCC[C@H](NC(=O)N[C@@H](CCC(=O)O)C(=O)O)C(=O)O)c2ccc3ccccc3c21. The summed E-state index contributed by atoms with van der Waals surface area (Å²) in [6.45, 7) is 11.3. The molecule has 8 N–H and O–H groups in total. The second-order valence-electron chi connectivity index (χ2n) is 22.0. The van der Waals surface area contributed by atoms with Crippen LogP contribution in [0.1, 0.15) is 109 Å². The smallest absolute Gasteiger partial charge is 0.326 e. The van der Waals surface area contributed by atoms with E-state index in [0.717, 1.165) is 42.6 Å². The van der Waals surface area contributed by atoms with Crippen molar-refractivity contribution in [2.45, 2.75) is 121 Å². The molecule has 2 heterocycles. The second-order valence-corrected chi connectivity index (χ2v) is 23.5. The van der Waals surface area contributed by atoms with E-state index in [2.05, 4.69) is 149 Å². The number of rotatable bonds is 35. The maximum Gasteiger partial charge on any atom is 0.326 e. The average molecular weight is 1180 g/mol. The number of anilines is 1. The van der Waals surface area contributed by atoms with E-state index < -0.39 is 52.6 Å². The third-order valence-corrected chi connectivity index (χ3v) is 15.9. The molecule has 2 atom stereocenters. The van der Waals surface area contributed by atoms with Gasteiger partial charge in [0.05, 0.1) is 31.0 Å². The number of carbonyl (C=O) groups is 6. The van der Waals surface area contributed by atoms with Crippen molar-refractivity contribution in [3.63, 3.8) is 0 Å². The fourth-order valence-corrected chi connectivity index (χ4v) is 11.5. The monoisotopic (exact) mass is 1180 g/mol. The molecule has 0 aliphatic carbocycles. The molecule has 0 aromatic heterocycles. The number of hydrogen-bond acceptors (Lipinski definition) is 11. The molecule has 4 aromatic rings. The molecule has 0 fully saturated rings. The molecule has 2 aliphatic rings. The predicted octanol–water partition coefficient (Wildman–Crippen LogP) is 8.45. The molecule has 0 radical (unpaired) electrons. The first-order valence-corrected chi connectivity index (χ1v) is 30.3. The van der Waals surface area contributed by atoms with Gasteiger partial charge in [0, 0.05) is 73.4 Å². The average Bonchev–Trinajstić information content (AvgIpc) is 1.90. The maximum absolute atomic E-state index is 12.7. The Morgan fingerprint density at radius 2 is 1.26 bits per heavy atom. The van der Waals surface area contributed by atoms with Crippen LogP contribution in [0.4, 0.5) is 16.2 Å². The summed E-state index contributed by atoms with van der Waals surface area (Å²) < 4.78 is 45.7. The number of benzene rings is 4. The van der Waals surface area contributed by atoms with Gasteiger partial charge < -0.3 is 51.0 Å². The number of hydrogen-bond donors (Lipinski definition) is 8. The van der Waals surface area contributed by atoms with Crippen LogP contribution in [0.15, 0.2) is 121 Å². The first-order valence-electron chi connectivity index (χ1n) is 28.7. The van der Waals surface area contributed by atoms with Crippen LogP contribution in [0.3, 0.4) is 0 Å². The van der Waals surface area contributed by atoms with E-state index in [1.54, 1.807) is 0 Å². The maximum atomic E-state index is 12.7. The van der Waals surface area contributed by atoms with Crippen molar-refractivity contribution in [3.8, 4) is 0 Å². The molecule has 84 heavy (non-hydrogen) atoms. The fraction of sp³-hybridized carbons (Fsp3) is 0.444. The highest BCUT2D eigenvalue weighted by atomic mass is 32.2. The number of ether oxygens (including phenoxy) is 2. The molecular formula is C63H81N6O14S+. The van der Waals surface area contributed by atoms with Gasteiger partial charge in [-0.25, -0.2) is 14.4 Å². The Bertz CT molecular complexity index is 3270. The molecule has 2 aliphatic heterocycles. The Labute approximate surface area is 491 Å². The van der Waals surface area contributed by atoms with Crippen molar-refractivity contribution in [1.82, 2.24) is 21.3 Å². The molecule has 0 spiro atoms. The van der Waals surface area contributed by atoms with Crippen molar-refractivity contribution in [1.29, 1.82) is 0 Å². The fourth-order valence-electron chi connectivity index (χ4n) is 11.0. The highest BCUT2D eigenvalue weighted by Gasteiger charge is 2.45.